The monoisotopic (exact) mass is 453 g/mol. The molecule has 30 heavy (non-hydrogen) atoms. The number of nitrogens with zero attached hydrogens (tertiary/aromatic N) is 4. The van der Waals surface area contributed by atoms with Gasteiger partial charge in [0.05, 0.1) is 18.3 Å². The number of benzene rings is 1. The molecular weight excluding hydrogens is 430 g/mol. The highest BCUT2D eigenvalue weighted by molar-refractivity contribution is 7.98. The van der Waals surface area contributed by atoms with Crippen LogP contribution < -0.4 is 16.8 Å². The minimum absolute atomic E-state index is 0.0273. The van der Waals surface area contributed by atoms with Crippen LogP contribution in [0.3, 0.4) is 0 Å². The van der Waals surface area contributed by atoms with E-state index in [1.165, 1.54) is 23.5 Å². The van der Waals surface area contributed by atoms with Crippen molar-refractivity contribution in [3.63, 3.8) is 0 Å². The Kier molecular flexibility index (Phi) is 9.31. The van der Waals surface area contributed by atoms with Crippen LogP contribution in [0.25, 0.3) is 0 Å². The number of hydrogen-bond donors (Lipinski definition) is 5. The van der Waals surface area contributed by atoms with Gasteiger partial charge < -0.3 is 27.0 Å². The number of aromatic hydroxyl groups is 1. The molecule has 0 radical (unpaired) electrons. The molecule has 0 aliphatic heterocycles. The van der Waals surface area contributed by atoms with Crippen LogP contribution in [-0.4, -0.2) is 57.3 Å². The molecule has 1 unspecified atom stereocenters. The lowest BCUT2D eigenvalue weighted by molar-refractivity contribution is -0.463. The van der Waals surface area contributed by atoms with Crippen molar-refractivity contribution >= 4 is 40.0 Å². The molecule has 1 aromatic heterocycles. The Bertz CT molecular complexity index is 882. The van der Waals surface area contributed by atoms with Gasteiger partial charge in [0.25, 0.3) is 6.54 Å². The van der Waals surface area contributed by atoms with Gasteiger partial charge in [-0.05, 0) is 17.7 Å². The summed E-state index contributed by atoms with van der Waals surface area (Å²) in [6, 6.07) is 6.06. The third-order valence-electron chi connectivity index (χ3n) is 3.60. The molecule has 2 aromatic rings. The molecule has 0 bridgehead atoms. The van der Waals surface area contributed by atoms with E-state index in [4.69, 9.17) is 11.5 Å². The van der Waals surface area contributed by atoms with Crippen LogP contribution in [0, 0.1) is 10.1 Å². The van der Waals surface area contributed by atoms with E-state index in [9.17, 15) is 20.3 Å². The SMILES string of the molecule is NC(N)=Nc1nc(CSCCNC(C[N+](=O)[O-])=NCC(O)c2ccc(O)cc2)cs1. The first-order valence-corrected chi connectivity index (χ1v) is 10.8. The number of aromatic nitrogens is 1. The van der Waals surface area contributed by atoms with E-state index in [0.29, 0.717) is 28.7 Å². The third-order valence-corrected chi connectivity index (χ3v) is 5.38. The summed E-state index contributed by atoms with van der Waals surface area (Å²) < 4.78 is 0. The second-order valence-electron chi connectivity index (χ2n) is 6.02. The predicted octanol–water partition coefficient (Wildman–Crippen LogP) is 0.985. The maximum absolute atomic E-state index is 10.9. The van der Waals surface area contributed by atoms with E-state index in [2.05, 4.69) is 20.3 Å². The minimum Gasteiger partial charge on any atom is -0.508 e. The minimum atomic E-state index is -0.924. The first kappa shape index (κ1) is 23.4. The molecule has 0 amide bonds. The highest BCUT2D eigenvalue weighted by Crippen LogP contribution is 2.21. The van der Waals surface area contributed by atoms with Crippen molar-refractivity contribution in [1.29, 1.82) is 0 Å². The number of amidine groups is 1. The second-order valence-corrected chi connectivity index (χ2v) is 7.96. The van der Waals surface area contributed by atoms with Crippen molar-refractivity contribution < 1.29 is 15.1 Å². The number of phenolic OH excluding ortho intramolecular Hbond substituents is 1. The second kappa shape index (κ2) is 11.9. The number of nitro groups is 1. The van der Waals surface area contributed by atoms with Crippen LogP contribution in [0.15, 0.2) is 39.6 Å². The van der Waals surface area contributed by atoms with Crippen molar-refractivity contribution in [2.75, 3.05) is 25.4 Å². The number of thioether (sulfide) groups is 1. The number of guanidine groups is 1. The maximum Gasteiger partial charge on any atom is 0.259 e. The quantitative estimate of drug-likeness (QED) is 0.109. The fraction of sp³-hybridized carbons (Fsp3) is 0.353. The number of thiazole rings is 1. The molecule has 162 valence electrons. The van der Waals surface area contributed by atoms with Gasteiger partial charge in [-0.1, -0.05) is 12.1 Å². The number of aliphatic imine (C=N–C) groups is 2. The zero-order valence-electron chi connectivity index (χ0n) is 16.0. The van der Waals surface area contributed by atoms with Gasteiger partial charge in [-0.3, -0.25) is 15.1 Å². The Morgan fingerprint density at radius 1 is 1.37 bits per heavy atom. The van der Waals surface area contributed by atoms with E-state index in [1.807, 2.05) is 5.38 Å². The summed E-state index contributed by atoms with van der Waals surface area (Å²) in [5, 5.41) is 35.6. The predicted molar refractivity (Wildman–Crippen MR) is 119 cm³/mol. The topological polar surface area (TPSA) is 185 Å². The zero-order chi connectivity index (χ0) is 21.9. The average molecular weight is 454 g/mol. The fourth-order valence-corrected chi connectivity index (χ4v) is 3.81. The lowest BCUT2D eigenvalue weighted by Crippen LogP contribution is -2.32. The first-order valence-electron chi connectivity index (χ1n) is 8.81. The molecule has 1 aromatic carbocycles. The van der Waals surface area contributed by atoms with E-state index in [-0.39, 0.29) is 24.1 Å². The average Bonchev–Trinajstić information content (AvgIpc) is 3.12. The highest BCUT2D eigenvalue weighted by atomic mass is 32.2. The summed E-state index contributed by atoms with van der Waals surface area (Å²) in [7, 11) is 0. The molecule has 2 rings (SSSR count). The molecule has 0 spiro atoms. The number of aliphatic hydroxyl groups excluding tert-OH is 1. The number of phenols is 1. The van der Waals surface area contributed by atoms with Gasteiger partial charge in [0.1, 0.15) is 5.75 Å². The largest absolute Gasteiger partial charge is 0.508 e. The lowest BCUT2D eigenvalue weighted by atomic mass is 10.1. The van der Waals surface area contributed by atoms with Crippen molar-refractivity contribution in [2.24, 2.45) is 21.5 Å². The van der Waals surface area contributed by atoms with Crippen molar-refractivity contribution in [2.45, 2.75) is 11.9 Å². The molecule has 0 fully saturated rings. The van der Waals surface area contributed by atoms with Crippen LogP contribution in [-0.2, 0) is 5.75 Å². The molecule has 1 heterocycles. The fourth-order valence-electron chi connectivity index (χ4n) is 2.25. The van der Waals surface area contributed by atoms with Crippen molar-refractivity contribution in [3.8, 4) is 5.75 Å². The van der Waals surface area contributed by atoms with Crippen LogP contribution in [0.1, 0.15) is 17.4 Å². The van der Waals surface area contributed by atoms with Gasteiger partial charge in [-0.25, -0.2) is 4.98 Å². The summed E-state index contributed by atoms with van der Waals surface area (Å²) in [6.45, 7) is -0.0149. The van der Waals surface area contributed by atoms with E-state index in [0.717, 1.165) is 5.69 Å². The van der Waals surface area contributed by atoms with Gasteiger partial charge in [0.15, 0.2) is 11.8 Å². The molecule has 0 aliphatic carbocycles. The highest BCUT2D eigenvalue weighted by Gasteiger charge is 2.11. The van der Waals surface area contributed by atoms with Gasteiger partial charge in [-0.15, -0.1) is 11.3 Å². The number of nitrogens with one attached hydrogen (secondary N) is 1. The first-order chi connectivity index (χ1) is 14.3. The molecule has 7 N–H and O–H groups in total. The van der Waals surface area contributed by atoms with Gasteiger partial charge >= 0.3 is 0 Å². The van der Waals surface area contributed by atoms with Crippen molar-refractivity contribution in [3.05, 3.63) is 51.0 Å². The number of aliphatic hydroxyl groups is 1. The maximum atomic E-state index is 10.9. The Balaban J connectivity index is 1.79. The molecule has 0 saturated carbocycles. The molecule has 11 nitrogen and oxygen atoms in total. The Morgan fingerprint density at radius 3 is 2.77 bits per heavy atom. The Hall–Kier alpha value is -2.90. The molecule has 0 aliphatic rings. The third kappa shape index (κ3) is 8.63. The molecule has 13 heteroatoms. The van der Waals surface area contributed by atoms with Gasteiger partial charge in [0.2, 0.25) is 5.13 Å². The molecule has 0 saturated heterocycles. The van der Waals surface area contributed by atoms with E-state index in [1.54, 1.807) is 23.9 Å². The Labute approximate surface area is 181 Å². The summed E-state index contributed by atoms with van der Waals surface area (Å²) in [4.78, 5) is 22.7. The standard InChI is InChI=1S/C17H23N7O4S2/c18-16(19)23-17-22-12(10-30-17)9-29-6-5-20-15(8-24(27)28)21-7-14(26)11-1-3-13(25)4-2-11/h1-4,10,14,25-26H,5-9H2,(H,20,21)(H4,18,19,22,23). The summed E-state index contributed by atoms with van der Waals surface area (Å²) >= 11 is 2.94. The number of nitrogens with two attached hydrogens (primary N) is 2. The zero-order valence-corrected chi connectivity index (χ0v) is 17.6. The summed E-state index contributed by atoms with van der Waals surface area (Å²) in [5.41, 5.74) is 12.0. The van der Waals surface area contributed by atoms with Crippen LogP contribution in [0.4, 0.5) is 5.13 Å². The van der Waals surface area contributed by atoms with Crippen molar-refractivity contribution in [1.82, 2.24) is 10.3 Å². The van der Waals surface area contributed by atoms with E-state index >= 15 is 0 Å². The number of hydrogen-bond acceptors (Lipinski definition) is 9. The lowest BCUT2D eigenvalue weighted by Gasteiger charge is -2.10. The van der Waals surface area contributed by atoms with Gasteiger partial charge in [0, 0.05) is 28.4 Å². The summed E-state index contributed by atoms with van der Waals surface area (Å²) in [5.74, 6) is 1.57. The molecular formula is C17H23N7O4S2. The summed E-state index contributed by atoms with van der Waals surface area (Å²) in [6.07, 6.45) is -0.924. The Morgan fingerprint density at radius 2 is 2.10 bits per heavy atom. The van der Waals surface area contributed by atoms with Crippen LogP contribution >= 0.6 is 23.1 Å². The normalized spacial score (nSPS) is 12.4. The van der Waals surface area contributed by atoms with Crippen LogP contribution in [0.5, 0.6) is 5.75 Å². The van der Waals surface area contributed by atoms with E-state index < -0.39 is 17.6 Å². The molecule has 1 atom stereocenters. The number of rotatable bonds is 11. The van der Waals surface area contributed by atoms with Gasteiger partial charge in [-0.2, -0.15) is 16.8 Å². The smallest absolute Gasteiger partial charge is 0.259 e. The van der Waals surface area contributed by atoms with Crippen LogP contribution in [0.2, 0.25) is 0 Å².